The molecule has 0 aromatic carbocycles. The van der Waals surface area contributed by atoms with Crippen LogP contribution in [-0.4, -0.2) is 57.6 Å². The van der Waals surface area contributed by atoms with Crippen molar-refractivity contribution in [2.24, 2.45) is 7.05 Å². The van der Waals surface area contributed by atoms with Gasteiger partial charge in [-0.05, 0) is 23.9 Å². The summed E-state index contributed by atoms with van der Waals surface area (Å²) in [5.41, 5.74) is 0.376. The first-order valence-electron chi connectivity index (χ1n) is 7.90. The van der Waals surface area contributed by atoms with Gasteiger partial charge in [-0.2, -0.15) is 16.4 Å². The van der Waals surface area contributed by atoms with Gasteiger partial charge in [0.1, 0.15) is 11.4 Å². The van der Waals surface area contributed by atoms with Gasteiger partial charge in [0.05, 0.1) is 5.56 Å². The third-order valence-corrected chi connectivity index (χ3v) is 4.86. The lowest BCUT2D eigenvalue weighted by molar-refractivity contribution is 0.0713. The summed E-state index contributed by atoms with van der Waals surface area (Å²) < 4.78 is 26.7. The highest BCUT2D eigenvalue weighted by molar-refractivity contribution is 7.08. The van der Waals surface area contributed by atoms with E-state index in [0.717, 1.165) is 6.07 Å². The summed E-state index contributed by atoms with van der Waals surface area (Å²) in [4.78, 5) is 28.4. The van der Waals surface area contributed by atoms with E-state index in [9.17, 15) is 18.4 Å². The van der Waals surface area contributed by atoms with Crippen molar-refractivity contribution in [2.45, 2.75) is 12.8 Å². The first kappa shape index (κ1) is 17.5. The highest BCUT2D eigenvalue weighted by atomic mass is 32.1. The monoisotopic (exact) mass is 368 g/mol. The van der Waals surface area contributed by atoms with E-state index in [1.165, 1.54) is 23.1 Å². The van der Waals surface area contributed by atoms with Crippen molar-refractivity contribution in [2.75, 3.05) is 26.2 Å². The Kier molecular flexibility index (Phi) is 5.12. The van der Waals surface area contributed by atoms with Gasteiger partial charge in [-0.1, -0.05) is 0 Å². The predicted octanol–water partition coefficient (Wildman–Crippen LogP) is 2.41. The lowest BCUT2D eigenvalue weighted by Gasteiger charge is -2.22. The summed E-state index contributed by atoms with van der Waals surface area (Å²) in [7, 11) is 1.48. The number of aromatic nitrogens is 2. The van der Waals surface area contributed by atoms with Crippen LogP contribution in [0.2, 0.25) is 0 Å². The molecule has 1 fully saturated rings. The summed E-state index contributed by atoms with van der Waals surface area (Å²) in [6.07, 6.45) is -2.07. The Morgan fingerprint density at radius 3 is 2.40 bits per heavy atom. The topological polar surface area (TPSA) is 58.4 Å². The van der Waals surface area contributed by atoms with E-state index in [4.69, 9.17) is 0 Å². The number of aryl methyl sites for hydroxylation is 1. The maximum Gasteiger partial charge on any atom is 0.282 e. The van der Waals surface area contributed by atoms with Crippen LogP contribution in [0.5, 0.6) is 0 Å². The van der Waals surface area contributed by atoms with E-state index in [-0.39, 0.29) is 17.5 Å². The van der Waals surface area contributed by atoms with Crippen molar-refractivity contribution in [1.29, 1.82) is 0 Å². The maximum atomic E-state index is 12.8. The average Bonchev–Trinajstić information content (AvgIpc) is 3.18. The Bertz CT molecular complexity index is 760. The number of hydrogen-bond donors (Lipinski definition) is 0. The van der Waals surface area contributed by atoms with E-state index in [2.05, 4.69) is 5.10 Å². The molecule has 2 aromatic rings. The fourth-order valence-electron chi connectivity index (χ4n) is 2.85. The molecule has 1 saturated heterocycles. The number of amides is 2. The number of alkyl halides is 2. The molecule has 1 aliphatic heterocycles. The molecule has 0 unspecified atom stereocenters. The van der Waals surface area contributed by atoms with Crippen LogP contribution in [0.3, 0.4) is 0 Å². The number of hydrogen-bond acceptors (Lipinski definition) is 4. The Balaban J connectivity index is 1.68. The van der Waals surface area contributed by atoms with Crippen LogP contribution in [0.15, 0.2) is 22.9 Å². The highest BCUT2D eigenvalue weighted by Crippen LogP contribution is 2.19. The van der Waals surface area contributed by atoms with E-state index < -0.39 is 12.1 Å². The Hall–Kier alpha value is -2.29. The second kappa shape index (κ2) is 7.30. The van der Waals surface area contributed by atoms with Gasteiger partial charge < -0.3 is 9.80 Å². The number of carbonyl (C=O) groups excluding carboxylic acids is 2. The van der Waals surface area contributed by atoms with Gasteiger partial charge in [0, 0.05) is 38.6 Å². The molecule has 3 heterocycles. The minimum absolute atomic E-state index is 0.0453. The van der Waals surface area contributed by atoms with Crippen LogP contribution in [0, 0.1) is 0 Å². The van der Waals surface area contributed by atoms with Crippen LogP contribution < -0.4 is 0 Å². The van der Waals surface area contributed by atoms with Crippen molar-refractivity contribution >= 4 is 23.2 Å². The van der Waals surface area contributed by atoms with Gasteiger partial charge in [0.2, 0.25) is 0 Å². The van der Waals surface area contributed by atoms with Crippen molar-refractivity contribution in [1.82, 2.24) is 19.6 Å². The fourth-order valence-corrected chi connectivity index (χ4v) is 3.48. The maximum absolute atomic E-state index is 12.8. The molecule has 0 saturated carbocycles. The first-order valence-corrected chi connectivity index (χ1v) is 8.84. The Morgan fingerprint density at radius 2 is 1.84 bits per heavy atom. The molecule has 0 aliphatic carbocycles. The number of carbonyl (C=O) groups is 2. The lowest BCUT2D eigenvalue weighted by atomic mass is 10.3. The summed E-state index contributed by atoms with van der Waals surface area (Å²) in [6.45, 7) is 1.82. The molecule has 0 radical (unpaired) electrons. The SMILES string of the molecule is Cn1nc(C(F)F)cc1C(=O)N1CCCN(C(=O)c2ccsc2)CC1. The molecule has 3 rings (SSSR count). The molecule has 0 bridgehead atoms. The van der Waals surface area contributed by atoms with Crippen LogP contribution in [0.1, 0.15) is 39.4 Å². The molecular weight excluding hydrogens is 350 g/mol. The summed E-state index contributed by atoms with van der Waals surface area (Å²) in [5, 5.41) is 7.34. The van der Waals surface area contributed by atoms with Crippen LogP contribution >= 0.6 is 11.3 Å². The van der Waals surface area contributed by atoms with Crippen molar-refractivity contribution in [3.05, 3.63) is 39.8 Å². The summed E-state index contributed by atoms with van der Waals surface area (Å²) >= 11 is 1.46. The van der Waals surface area contributed by atoms with E-state index >= 15 is 0 Å². The normalized spacial score (nSPS) is 15.5. The van der Waals surface area contributed by atoms with Crippen LogP contribution in [0.4, 0.5) is 8.78 Å². The van der Waals surface area contributed by atoms with E-state index in [0.29, 0.717) is 38.2 Å². The highest BCUT2D eigenvalue weighted by Gasteiger charge is 2.26. The molecule has 1 aliphatic rings. The molecule has 0 N–H and O–H groups in total. The van der Waals surface area contributed by atoms with E-state index in [1.807, 2.05) is 5.38 Å². The summed E-state index contributed by atoms with van der Waals surface area (Å²) in [5.74, 6) is -0.386. The minimum Gasteiger partial charge on any atom is -0.337 e. The number of halogens is 2. The summed E-state index contributed by atoms with van der Waals surface area (Å²) in [6, 6.07) is 2.91. The molecule has 0 atom stereocenters. The smallest absolute Gasteiger partial charge is 0.282 e. The molecule has 9 heteroatoms. The standard InChI is InChI=1S/C16H18F2N4O2S/c1-20-13(9-12(19-20)14(17)18)16(24)22-5-2-4-21(6-7-22)15(23)11-3-8-25-10-11/h3,8-10,14H,2,4-7H2,1H3. The molecule has 2 aromatic heterocycles. The molecule has 6 nitrogen and oxygen atoms in total. The quantitative estimate of drug-likeness (QED) is 0.836. The first-order chi connectivity index (χ1) is 12.0. The molecule has 0 spiro atoms. The van der Waals surface area contributed by atoms with Gasteiger partial charge in [-0.15, -0.1) is 0 Å². The minimum atomic E-state index is -2.71. The third-order valence-electron chi connectivity index (χ3n) is 4.18. The van der Waals surface area contributed by atoms with Crippen molar-refractivity contribution in [3.8, 4) is 0 Å². The Morgan fingerprint density at radius 1 is 1.16 bits per heavy atom. The predicted molar refractivity (Wildman–Crippen MR) is 88.9 cm³/mol. The van der Waals surface area contributed by atoms with Gasteiger partial charge in [0.15, 0.2) is 0 Å². The van der Waals surface area contributed by atoms with Gasteiger partial charge in [-0.3, -0.25) is 14.3 Å². The van der Waals surface area contributed by atoms with Gasteiger partial charge >= 0.3 is 0 Å². The number of thiophene rings is 1. The zero-order valence-electron chi connectivity index (χ0n) is 13.7. The molecular formula is C16H18F2N4O2S. The second-order valence-corrected chi connectivity index (χ2v) is 6.61. The largest absolute Gasteiger partial charge is 0.337 e. The zero-order valence-corrected chi connectivity index (χ0v) is 14.5. The van der Waals surface area contributed by atoms with Crippen molar-refractivity contribution < 1.29 is 18.4 Å². The molecule has 2 amide bonds. The average molecular weight is 368 g/mol. The van der Waals surface area contributed by atoms with Crippen LogP contribution in [0.25, 0.3) is 0 Å². The van der Waals surface area contributed by atoms with Crippen LogP contribution in [-0.2, 0) is 7.05 Å². The van der Waals surface area contributed by atoms with Crippen molar-refractivity contribution in [3.63, 3.8) is 0 Å². The van der Waals surface area contributed by atoms with E-state index in [1.54, 1.807) is 21.2 Å². The number of nitrogens with zero attached hydrogens (tertiary/aromatic N) is 4. The Labute approximate surface area is 147 Å². The fraction of sp³-hybridized carbons (Fsp3) is 0.438. The van der Waals surface area contributed by atoms with Gasteiger partial charge in [-0.25, -0.2) is 8.78 Å². The zero-order chi connectivity index (χ0) is 18.0. The second-order valence-electron chi connectivity index (χ2n) is 5.83. The lowest BCUT2D eigenvalue weighted by Crippen LogP contribution is -2.37. The molecule has 25 heavy (non-hydrogen) atoms. The molecule has 134 valence electrons. The van der Waals surface area contributed by atoms with Gasteiger partial charge in [0.25, 0.3) is 18.2 Å². The third kappa shape index (κ3) is 3.71. The number of rotatable bonds is 3.